The van der Waals surface area contributed by atoms with E-state index >= 15 is 0 Å². The molecule has 0 aliphatic carbocycles. The number of esters is 1. The summed E-state index contributed by atoms with van der Waals surface area (Å²) in [6.07, 6.45) is 0.761. The van der Waals surface area contributed by atoms with Crippen LogP contribution in [0.15, 0.2) is 24.3 Å². The molecule has 1 aromatic rings. The topological polar surface area (TPSA) is 46.5 Å². The maximum atomic E-state index is 11.6. The first-order valence-corrected chi connectivity index (χ1v) is 4.97. The van der Waals surface area contributed by atoms with Crippen molar-refractivity contribution < 1.29 is 14.6 Å². The maximum Gasteiger partial charge on any atom is 0.338 e. The Hall–Kier alpha value is -1.51. The summed E-state index contributed by atoms with van der Waals surface area (Å²) in [4.78, 5) is 11.6. The molecule has 15 heavy (non-hydrogen) atoms. The molecule has 0 fully saturated rings. The Kier molecular flexibility index (Phi) is 3.35. The Labute approximate surface area is 89.7 Å². The Bertz CT molecular complexity index is 338. The number of carbonyl (C=O) groups is 1. The molecule has 0 radical (unpaired) electrons. The van der Waals surface area contributed by atoms with Crippen LogP contribution >= 0.6 is 0 Å². The number of phenolic OH excluding ortho intramolecular Hbond substituents is 1. The summed E-state index contributed by atoms with van der Waals surface area (Å²) in [5, 5.41) is 9.07. The van der Waals surface area contributed by atoms with E-state index in [0.717, 1.165) is 6.42 Å². The van der Waals surface area contributed by atoms with Crippen LogP contribution < -0.4 is 0 Å². The van der Waals surface area contributed by atoms with Gasteiger partial charge in [0.2, 0.25) is 0 Å². The largest absolute Gasteiger partial charge is 0.508 e. The van der Waals surface area contributed by atoms with Crippen LogP contribution in [0.1, 0.15) is 37.6 Å². The highest BCUT2D eigenvalue weighted by Gasteiger charge is 2.21. The lowest BCUT2D eigenvalue weighted by Crippen LogP contribution is -2.26. The summed E-state index contributed by atoms with van der Waals surface area (Å²) in [5.41, 5.74) is 0.00364. The predicted molar refractivity (Wildman–Crippen MR) is 57.9 cm³/mol. The number of rotatable bonds is 3. The average molecular weight is 208 g/mol. The van der Waals surface area contributed by atoms with Crippen LogP contribution in [0.25, 0.3) is 0 Å². The fourth-order valence-corrected chi connectivity index (χ4v) is 0.980. The summed E-state index contributed by atoms with van der Waals surface area (Å²) in [7, 11) is 0. The fraction of sp³-hybridized carbons (Fsp3) is 0.417. The minimum atomic E-state index is -0.449. The Morgan fingerprint density at radius 3 is 2.33 bits per heavy atom. The van der Waals surface area contributed by atoms with Gasteiger partial charge in [-0.15, -0.1) is 0 Å². The molecular formula is C12H16O3. The Morgan fingerprint density at radius 1 is 1.33 bits per heavy atom. The molecule has 3 nitrogen and oxygen atoms in total. The second kappa shape index (κ2) is 4.34. The lowest BCUT2D eigenvalue weighted by Gasteiger charge is -2.23. The highest BCUT2D eigenvalue weighted by atomic mass is 16.6. The van der Waals surface area contributed by atoms with Gasteiger partial charge in [0, 0.05) is 0 Å². The van der Waals surface area contributed by atoms with Crippen molar-refractivity contribution in [2.75, 3.05) is 0 Å². The number of phenols is 1. The summed E-state index contributed by atoms with van der Waals surface area (Å²) in [6, 6.07) is 6.03. The smallest absolute Gasteiger partial charge is 0.338 e. The lowest BCUT2D eigenvalue weighted by atomic mass is 10.1. The van der Waals surface area contributed by atoms with Gasteiger partial charge in [0.15, 0.2) is 0 Å². The van der Waals surface area contributed by atoms with E-state index in [1.807, 2.05) is 20.8 Å². The van der Waals surface area contributed by atoms with Crippen molar-refractivity contribution in [3.63, 3.8) is 0 Å². The minimum absolute atomic E-state index is 0.140. The SMILES string of the molecule is CCC(C)(C)OC(=O)c1ccc(O)cc1. The molecule has 0 atom stereocenters. The van der Waals surface area contributed by atoms with Gasteiger partial charge in [-0.3, -0.25) is 0 Å². The number of aromatic hydroxyl groups is 1. The zero-order valence-electron chi connectivity index (χ0n) is 9.28. The number of carbonyl (C=O) groups excluding carboxylic acids is 1. The average Bonchev–Trinajstić information content (AvgIpc) is 2.18. The van der Waals surface area contributed by atoms with Gasteiger partial charge in [-0.05, 0) is 44.5 Å². The maximum absolute atomic E-state index is 11.6. The molecular weight excluding hydrogens is 192 g/mol. The fourth-order valence-electron chi connectivity index (χ4n) is 0.980. The zero-order valence-corrected chi connectivity index (χ0v) is 9.28. The number of ether oxygens (including phenoxy) is 1. The first kappa shape index (κ1) is 11.6. The van der Waals surface area contributed by atoms with E-state index in [0.29, 0.717) is 5.56 Å². The van der Waals surface area contributed by atoms with Crippen LogP contribution in [0.4, 0.5) is 0 Å². The third-order valence-corrected chi connectivity index (χ3v) is 2.32. The molecule has 3 heteroatoms. The number of hydrogen-bond acceptors (Lipinski definition) is 3. The van der Waals surface area contributed by atoms with Crippen molar-refractivity contribution >= 4 is 5.97 Å². The number of hydrogen-bond donors (Lipinski definition) is 1. The molecule has 0 saturated carbocycles. The molecule has 0 aromatic heterocycles. The molecule has 0 aliphatic rings. The minimum Gasteiger partial charge on any atom is -0.508 e. The van der Waals surface area contributed by atoms with Gasteiger partial charge >= 0.3 is 5.97 Å². The number of benzene rings is 1. The van der Waals surface area contributed by atoms with E-state index in [2.05, 4.69) is 0 Å². The van der Waals surface area contributed by atoms with Crippen molar-refractivity contribution in [2.24, 2.45) is 0 Å². The van der Waals surface area contributed by atoms with Crippen LogP contribution in [-0.4, -0.2) is 16.7 Å². The molecule has 0 aliphatic heterocycles. The second-order valence-corrected chi connectivity index (χ2v) is 4.05. The van der Waals surface area contributed by atoms with E-state index in [-0.39, 0.29) is 11.7 Å². The van der Waals surface area contributed by atoms with Crippen LogP contribution in [0.5, 0.6) is 5.75 Å². The standard InChI is InChI=1S/C12H16O3/c1-4-12(2,3)15-11(14)9-5-7-10(13)8-6-9/h5-8,13H,4H2,1-3H3. The highest BCUT2D eigenvalue weighted by molar-refractivity contribution is 5.89. The highest BCUT2D eigenvalue weighted by Crippen LogP contribution is 2.17. The third-order valence-electron chi connectivity index (χ3n) is 2.32. The van der Waals surface area contributed by atoms with Gasteiger partial charge in [-0.25, -0.2) is 4.79 Å². The Morgan fingerprint density at radius 2 is 1.87 bits per heavy atom. The summed E-state index contributed by atoms with van der Waals surface area (Å²) >= 11 is 0. The van der Waals surface area contributed by atoms with E-state index in [1.165, 1.54) is 12.1 Å². The van der Waals surface area contributed by atoms with E-state index < -0.39 is 5.60 Å². The molecule has 0 spiro atoms. The lowest BCUT2D eigenvalue weighted by molar-refractivity contribution is -0.00243. The Balaban J connectivity index is 2.74. The van der Waals surface area contributed by atoms with Crippen molar-refractivity contribution in [2.45, 2.75) is 32.8 Å². The van der Waals surface area contributed by atoms with Crippen LogP contribution in [0.2, 0.25) is 0 Å². The predicted octanol–water partition coefficient (Wildman–Crippen LogP) is 2.74. The van der Waals surface area contributed by atoms with Crippen LogP contribution in [-0.2, 0) is 4.74 Å². The second-order valence-electron chi connectivity index (χ2n) is 4.05. The quantitative estimate of drug-likeness (QED) is 0.777. The third kappa shape index (κ3) is 3.27. The van der Waals surface area contributed by atoms with Crippen molar-refractivity contribution in [1.29, 1.82) is 0 Å². The molecule has 0 amide bonds. The van der Waals surface area contributed by atoms with Gasteiger partial charge in [0.05, 0.1) is 5.56 Å². The van der Waals surface area contributed by atoms with Crippen LogP contribution in [0.3, 0.4) is 0 Å². The van der Waals surface area contributed by atoms with Crippen LogP contribution in [0, 0.1) is 0 Å². The molecule has 0 heterocycles. The van der Waals surface area contributed by atoms with Gasteiger partial charge < -0.3 is 9.84 Å². The summed E-state index contributed by atoms with van der Waals surface area (Å²) in [6.45, 7) is 5.70. The van der Waals surface area contributed by atoms with Gasteiger partial charge in [0.1, 0.15) is 11.4 Å². The van der Waals surface area contributed by atoms with E-state index in [9.17, 15) is 4.79 Å². The summed E-state index contributed by atoms with van der Waals surface area (Å²) in [5.74, 6) is -0.219. The summed E-state index contributed by atoms with van der Waals surface area (Å²) < 4.78 is 5.29. The van der Waals surface area contributed by atoms with E-state index in [4.69, 9.17) is 9.84 Å². The van der Waals surface area contributed by atoms with Crippen molar-refractivity contribution in [1.82, 2.24) is 0 Å². The van der Waals surface area contributed by atoms with Gasteiger partial charge in [0.25, 0.3) is 0 Å². The van der Waals surface area contributed by atoms with Crippen molar-refractivity contribution in [3.8, 4) is 5.75 Å². The molecule has 1 N–H and O–H groups in total. The molecule has 0 unspecified atom stereocenters. The molecule has 0 bridgehead atoms. The zero-order chi connectivity index (χ0) is 11.5. The van der Waals surface area contributed by atoms with Crippen molar-refractivity contribution in [3.05, 3.63) is 29.8 Å². The first-order valence-electron chi connectivity index (χ1n) is 4.97. The first-order chi connectivity index (χ1) is 6.94. The molecule has 1 aromatic carbocycles. The normalized spacial score (nSPS) is 11.1. The van der Waals surface area contributed by atoms with Gasteiger partial charge in [-0.2, -0.15) is 0 Å². The monoisotopic (exact) mass is 208 g/mol. The molecule has 1 rings (SSSR count). The molecule has 0 saturated heterocycles. The molecule has 82 valence electrons. The van der Waals surface area contributed by atoms with E-state index in [1.54, 1.807) is 12.1 Å². The van der Waals surface area contributed by atoms with Gasteiger partial charge in [-0.1, -0.05) is 6.92 Å².